The van der Waals surface area contributed by atoms with Gasteiger partial charge in [0, 0.05) is 17.3 Å². The molecular weight excluding hydrogens is 316 g/mol. The number of ether oxygens (including phenoxy) is 1. The Morgan fingerprint density at radius 3 is 2.61 bits per heavy atom. The fraction of sp³-hybridized carbons (Fsp3) is 0.235. The third-order valence-electron chi connectivity index (χ3n) is 3.13. The highest BCUT2D eigenvalue weighted by Crippen LogP contribution is 2.16. The Labute approximate surface area is 140 Å². The Morgan fingerprint density at radius 1 is 1.22 bits per heavy atom. The molecule has 6 heteroatoms. The summed E-state index contributed by atoms with van der Waals surface area (Å²) >= 11 is 5.77. The summed E-state index contributed by atoms with van der Waals surface area (Å²) in [6.07, 6.45) is -0.800. The molecule has 3 N–H and O–H groups in total. The molecule has 2 aromatic rings. The van der Waals surface area contributed by atoms with E-state index in [1.54, 1.807) is 24.3 Å². The third kappa shape index (κ3) is 5.81. The molecule has 5 nitrogen and oxygen atoms in total. The van der Waals surface area contributed by atoms with Crippen LogP contribution >= 0.6 is 11.6 Å². The number of benzene rings is 2. The summed E-state index contributed by atoms with van der Waals surface area (Å²) < 4.78 is 5.53. The van der Waals surface area contributed by atoms with Crippen molar-refractivity contribution in [2.45, 2.75) is 13.0 Å². The number of nitrogens with one attached hydrogen (secondary N) is 2. The molecule has 0 heterocycles. The Balaban J connectivity index is 1.71. The Morgan fingerprint density at radius 2 is 1.91 bits per heavy atom. The SMILES string of the molecule is Cc1ccccc1OCC(O)CNC(=O)Nc1ccc(Cl)cc1. The second-order valence-corrected chi connectivity index (χ2v) is 5.51. The minimum atomic E-state index is -0.800. The number of amides is 2. The van der Waals surface area contributed by atoms with E-state index < -0.39 is 12.1 Å². The summed E-state index contributed by atoms with van der Waals surface area (Å²) in [6.45, 7) is 2.12. The van der Waals surface area contributed by atoms with Gasteiger partial charge in [0.2, 0.25) is 0 Å². The van der Waals surface area contributed by atoms with Crippen molar-refractivity contribution in [3.63, 3.8) is 0 Å². The maximum Gasteiger partial charge on any atom is 0.319 e. The second-order valence-electron chi connectivity index (χ2n) is 5.07. The Kier molecular flexibility index (Phi) is 6.26. The van der Waals surface area contributed by atoms with Crippen molar-refractivity contribution < 1.29 is 14.6 Å². The number of para-hydroxylation sites is 1. The molecule has 122 valence electrons. The first-order chi connectivity index (χ1) is 11.0. The summed E-state index contributed by atoms with van der Waals surface area (Å²) in [4.78, 5) is 11.7. The van der Waals surface area contributed by atoms with Crippen molar-refractivity contribution in [1.29, 1.82) is 0 Å². The van der Waals surface area contributed by atoms with E-state index in [-0.39, 0.29) is 13.2 Å². The van der Waals surface area contributed by atoms with Gasteiger partial charge in [0.25, 0.3) is 0 Å². The lowest BCUT2D eigenvalue weighted by atomic mass is 10.2. The fourth-order valence-electron chi connectivity index (χ4n) is 1.88. The number of aryl methyl sites for hydroxylation is 1. The first-order valence-corrected chi connectivity index (χ1v) is 7.59. The zero-order valence-electron chi connectivity index (χ0n) is 12.8. The van der Waals surface area contributed by atoms with Crippen LogP contribution in [0.2, 0.25) is 5.02 Å². The average molecular weight is 335 g/mol. The molecular formula is C17H19ClN2O3. The van der Waals surface area contributed by atoms with Gasteiger partial charge < -0.3 is 20.5 Å². The van der Waals surface area contributed by atoms with Crippen molar-refractivity contribution in [2.75, 3.05) is 18.5 Å². The summed E-state index contributed by atoms with van der Waals surface area (Å²) in [7, 11) is 0. The first-order valence-electron chi connectivity index (χ1n) is 7.21. The number of carbonyl (C=O) groups excluding carboxylic acids is 1. The van der Waals surface area contributed by atoms with Gasteiger partial charge in [-0.05, 0) is 42.8 Å². The third-order valence-corrected chi connectivity index (χ3v) is 3.38. The van der Waals surface area contributed by atoms with Crippen molar-refractivity contribution in [1.82, 2.24) is 5.32 Å². The molecule has 0 bridgehead atoms. The predicted molar refractivity (Wildman–Crippen MR) is 91.2 cm³/mol. The number of aliphatic hydroxyl groups is 1. The standard InChI is InChI=1S/C17H19ClN2O3/c1-12-4-2-3-5-16(12)23-11-15(21)10-19-17(22)20-14-8-6-13(18)7-9-14/h2-9,15,21H,10-11H2,1H3,(H2,19,20,22). The Bertz CT molecular complexity index is 647. The maximum atomic E-state index is 11.7. The molecule has 1 unspecified atom stereocenters. The zero-order valence-corrected chi connectivity index (χ0v) is 13.5. The van der Waals surface area contributed by atoms with Crippen LogP contribution in [0.1, 0.15) is 5.56 Å². The molecule has 0 radical (unpaired) electrons. The van der Waals surface area contributed by atoms with Crippen LogP contribution in [0.25, 0.3) is 0 Å². The van der Waals surface area contributed by atoms with E-state index in [0.717, 1.165) is 11.3 Å². The number of halogens is 1. The number of hydrogen-bond donors (Lipinski definition) is 3. The summed E-state index contributed by atoms with van der Waals surface area (Å²) in [5, 5.41) is 15.7. The number of urea groups is 1. The normalized spacial score (nSPS) is 11.6. The number of carbonyl (C=O) groups is 1. The van der Waals surface area contributed by atoms with Gasteiger partial charge in [0.05, 0.1) is 0 Å². The number of anilines is 1. The van der Waals surface area contributed by atoms with Crippen LogP contribution in [0.15, 0.2) is 48.5 Å². The second kappa shape index (κ2) is 8.41. The van der Waals surface area contributed by atoms with Gasteiger partial charge in [-0.3, -0.25) is 0 Å². The van der Waals surface area contributed by atoms with Crippen molar-refractivity contribution in [3.05, 3.63) is 59.1 Å². The lowest BCUT2D eigenvalue weighted by Crippen LogP contribution is -2.37. The highest BCUT2D eigenvalue weighted by molar-refractivity contribution is 6.30. The monoisotopic (exact) mass is 334 g/mol. The largest absolute Gasteiger partial charge is 0.491 e. The number of aliphatic hydroxyl groups excluding tert-OH is 1. The van der Waals surface area contributed by atoms with Crippen LogP contribution in [0.3, 0.4) is 0 Å². The molecule has 2 amide bonds. The fourth-order valence-corrected chi connectivity index (χ4v) is 2.01. The minimum absolute atomic E-state index is 0.0886. The van der Waals surface area contributed by atoms with Gasteiger partial charge in [-0.15, -0.1) is 0 Å². The zero-order chi connectivity index (χ0) is 16.7. The smallest absolute Gasteiger partial charge is 0.319 e. The van der Waals surface area contributed by atoms with E-state index in [4.69, 9.17) is 16.3 Å². The van der Waals surface area contributed by atoms with Gasteiger partial charge >= 0.3 is 6.03 Å². The van der Waals surface area contributed by atoms with Crippen LogP contribution in [0.4, 0.5) is 10.5 Å². The summed E-state index contributed by atoms with van der Waals surface area (Å²) in [5.41, 5.74) is 1.62. The minimum Gasteiger partial charge on any atom is -0.491 e. The number of rotatable bonds is 6. The highest BCUT2D eigenvalue weighted by Gasteiger charge is 2.09. The van der Waals surface area contributed by atoms with Gasteiger partial charge in [0.1, 0.15) is 18.5 Å². The molecule has 23 heavy (non-hydrogen) atoms. The molecule has 0 fully saturated rings. The molecule has 0 aromatic heterocycles. The van der Waals surface area contributed by atoms with Gasteiger partial charge in [0.15, 0.2) is 0 Å². The molecule has 2 aromatic carbocycles. The first kappa shape index (κ1) is 17.1. The van der Waals surface area contributed by atoms with Crippen molar-refractivity contribution >= 4 is 23.3 Å². The highest BCUT2D eigenvalue weighted by atomic mass is 35.5. The maximum absolute atomic E-state index is 11.7. The van der Waals surface area contributed by atoms with Gasteiger partial charge in [-0.1, -0.05) is 29.8 Å². The lowest BCUT2D eigenvalue weighted by molar-refractivity contribution is 0.108. The summed E-state index contributed by atoms with van der Waals surface area (Å²) in [5.74, 6) is 0.720. The summed E-state index contributed by atoms with van der Waals surface area (Å²) in [6, 6.07) is 13.9. The number of hydrogen-bond acceptors (Lipinski definition) is 3. The topological polar surface area (TPSA) is 70.6 Å². The lowest BCUT2D eigenvalue weighted by Gasteiger charge is -2.15. The van der Waals surface area contributed by atoms with E-state index in [9.17, 15) is 9.90 Å². The molecule has 0 saturated heterocycles. The van der Waals surface area contributed by atoms with Crippen molar-refractivity contribution in [3.8, 4) is 5.75 Å². The molecule has 0 aliphatic carbocycles. The quantitative estimate of drug-likeness (QED) is 0.759. The van der Waals surface area contributed by atoms with Crippen LogP contribution in [0, 0.1) is 6.92 Å². The van der Waals surface area contributed by atoms with E-state index in [1.165, 1.54) is 0 Å². The molecule has 0 spiro atoms. The molecule has 1 atom stereocenters. The van der Waals surface area contributed by atoms with Crippen LogP contribution in [-0.2, 0) is 0 Å². The predicted octanol–water partition coefficient (Wildman–Crippen LogP) is 3.21. The molecule has 0 aliphatic heterocycles. The van der Waals surface area contributed by atoms with E-state index in [2.05, 4.69) is 10.6 Å². The van der Waals surface area contributed by atoms with E-state index >= 15 is 0 Å². The van der Waals surface area contributed by atoms with Gasteiger partial charge in [-0.2, -0.15) is 0 Å². The van der Waals surface area contributed by atoms with Crippen LogP contribution < -0.4 is 15.4 Å². The van der Waals surface area contributed by atoms with E-state index in [1.807, 2.05) is 31.2 Å². The molecule has 0 saturated carbocycles. The molecule has 0 aliphatic rings. The van der Waals surface area contributed by atoms with E-state index in [0.29, 0.717) is 10.7 Å². The van der Waals surface area contributed by atoms with Crippen LogP contribution in [0.5, 0.6) is 5.75 Å². The van der Waals surface area contributed by atoms with Crippen molar-refractivity contribution in [2.24, 2.45) is 0 Å². The van der Waals surface area contributed by atoms with Gasteiger partial charge in [-0.25, -0.2) is 4.79 Å². The molecule has 2 rings (SSSR count). The van der Waals surface area contributed by atoms with Crippen LogP contribution in [-0.4, -0.2) is 30.4 Å². The Hall–Kier alpha value is -2.24. The average Bonchev–Trinajstić information content (AvgIpc) is 2.54.